The Hall–Kier alpha value is -1.38. The molecule has 0 spiro atoms. The molecule has 1 saturated heterocycles. The van der Waals surface area contributed by atoms with Gasteiger partial charge in [0.15, 0.2) is 0 Å². The van der Waals surface area contributed by atoms with Crippen LogP contribution in [0, 0.1) is 17.2 Å². The number of hydrogen-bond acceptors (Lipinski definition) is 1. The van der Waals surface area contributed by atoms with Crippen LogP contribution in [-0.2, 0) is 0 Å². The molecule has 1 aliphatic heterocycles. The van der Waals surface area contributed by atoms with Crippen LogP contribution in [-0.4, -0.2) is 23.9 Å². The van der Waals surface area contributed by atoms with E-state index < -0.39 is 5.82 Å². The Morgan fingerprint density at radius 3 is 2.55 bits per heavy atom. The minimum Gasteiger partial charge on any atom is -0.339 e. The Balaban J connectivity index is 2.08. The molecule has 0 N–H and O–H groups in total. The van der Waals surface area contributed by atoms with E-state index in [2.05, 4.69) is 20.8 Å². The second-order valence-electron chi connectivity index (χ2n) is 6.77. The average molecular weight is 277 g/mol. The minimum absolute atomic E-state index is 0.169. The van der Waals surface area contributed by atoms with Crippen LogP contribution >= 0.6 is 0 Å². The Morgan fingerprint density at radius 1 is 1.20 bits per heavy atom. The van der Waals surface area contributed by atoms with Crippen molar-refractivity contribution >= 4 is 5.91 Å². The second-order valence-corrected chi connectivity index (χ2v) is 6.77. The summed E-state index contributed by atoms with van der Waals surface area (Å²) in [5.41, 5.74) is 0.471. The number of rotatable bonds is 1. The van der Waals surface area contributed by atoms with Gasteiger partial charge < -0.3 is 4.90 Å². The van der Waals surface area contributed by atoms with Gasteiger partial charge in [0, 0.05) is 13.1 Å². The molecule has 0 aliphatic carbocycles. The molecule has 1 unspecified atom stereocenters. The fourth-order valence-electron chi connectivity index (χ4n) is 2.97. The summed E-state index contributed by atoms with van der Waals surface area (Å²) in [6, 6.07) is 6.25. The van der Waals surface area contributed by atoms with Crippen LogP contribution in [0.2, 0.25) is 0 Å². The van der Waals surface area contributed by atoms with Crippen molar-refractivity contribution in [3.63, 3.8) is 0 Å². The highest BCUT2D eigenvalue weighted by molar-refractivity contribution is 5.94. The number of carbonyl (C=O) groups excluding carboxylic acids is 1. The lowest BCUT2D eigenvalue weighted by Crippen LogP contribution is -2.33. The van der Waals surface area contributed by atoms with Crippen LogP contribution in [0.15, 0.2) is 24.3 Å². The smallest absolute Gasteiger partial charge is 0.256 e. The molecule has 1 aliphatic rings. The molecule has 3 heteroatoms. The molecule has 20 heavy (non-hydrogen) atoms. The molecule has 110 valence electrons. The summed E-state index contributed by atoms with van der Waals surface area (Å²) < 4.78 is 13.7. The average Bonchev–Trinajstić information content (AvgIpc) is 2.63. The topological polar surface area (TPSA) is 20.3 Å². The predicted molar refractivity (Wildman–Crippen MR) is 79.1 cm³/mol. The van der Waals surface area contributed by atoms with Gasteiger partial charge in [-0.3, -0.25) is 4.79 Å². The molecular weight excluding hydrogens is 253 g/mol. The van der Waals surface area contributed by atoms with Crippen LogP contribution in [0.3, 0.4) is 0 Å². The van der Waals surface area contributed by atoms with Crippen molar-refractivity contribution in [1.82, 2.24) is 4.90 Å². The summed E-state index contributed by atoms with van der Waals surface area (Å²) in [5.74, 6) is 0.0349. The van der Waals surface area contributed by atoms with Gasteiger partial charge in [0.05, 0.1) is 5.56 Å². The zero-order valence-electron chi connectivity index (χ0n) is 12.7. The normalized spacial score (nSPS) is 20.6. The number of likely N-dealkylation sites (tertiary alicyclic amines) is 1. The van der Waals surface area contributed by atoms with Gasteiger partial charge in [-0.05, 0) is 42.7 Å². The summed E-state index contributed by atoms with van der Waals surface area (Å²) in [5, 5.41) is 0. The summed E-state index contributed by atoms with van der Waals surface area (Å²) >= 11 is 0. The zero-order valence-corrected chi connectivity index (χ0v) is 12.7. The van der Waals surface area contributed by atoms with E-state index in [-0.39, 0.29) is 16.9 Å². The largest absolute Gasteiger partial charge is 0.339 e. The van der Waals surface area contributed by atoms with Crippen molar-refractivity contribution in [3.05, 3.63) is 35.6 Å². The molecule has 0 radical (unpaired) electrons. The fraction of sp³-hybridized carbons (Fsp3) is 0.588. The molecule has 2 nitrogen and oxygen atoms in total. The molecule has 0 saturated carbocycles. The van der Waals surface area contributed by atoms with Crippen molar-refractivity contribution < 1.29 is 9.18 Å². The zero-order chi connectivity index (χ0) is 14.8. The standard InChI is InChI=1S/C17H24FNO/c1-17(2,3)13-7-6-11-19(12-10-13)16(20)14-8-4-5-9-15(14)18/h4-5,8-9,13H,6-7,10-12H2,1-3H3. The maximum Gasteiger partial charge on any atom is 0.256 e. The molecule has 1 heterocycles. The Morgan fingerprint density at radius 2 is 1.90 bits per heavy atom. The fourth-order valence-corrected chi connectivity index (χ4v) is 2.97. The third-order valence-corrected chi connectivity index (χ3v) is 4.34. The highest BCUT2D eigenvalue weighted by Crippen LogP contribution is 2.34. The van der Waals surface area contributed by atoms with E-state index in [1.807, 2.05) is 4.90 Å². The number of hydrogen-bond donors (Lipinski definition) is 0. The molecule has 0 aromatic heterocycles. The van der Waals surface area contributed by atoms with Gasteiger partial charge in [-0.15, -0.1) is 0 Å². The maximum atomic E-state index is 13.7. The molecule has 1 amide bonds. The molecule has 1 aromatic rings. The predicted octanol–water partition coefficient (Wildman–Crippen LogP) is 4.11. The van der Waals surface area contributed by atoms with Gasteiger partial charge in [0.25, 0.3) is 5.91 Å². The highest BCUT2D eigenvalue weighted by atomic mass is 19.1. The van der Waals surface area contributed by atoms with Crippen LogP contribution in [0.5, 0.6) is 0 Å². The number of nitrogens with zero attached hydrogens (tertiary/aromatic N) is 1. The first-order chi connectivity index (χ1) is 9.39. The first-order valence-corrected chi connectivity index (χ1v) is 7.43. The van der Waals surface area contributed by atoms with Crippen molar-refractivity contribution in [2.45, 2.75) is 40.0 Å². The van der Waals surface area contributed by atoms with Gasteiger partial charge >= 0.3 is 0 Å². The van der Waals surface area contributed by atoms with E-state index in [1.54, 1.807) is 18.2 Å². The van der Waals surface area contributed by atoms with E-state index in [1.165, 1.54) is 6.07 Å². The number of benzene rings is 1. The van der Waals surface area contributed by atoms with E-state index >= 15 is 0 Å². The Kier molecular flexibility index (Phi) is 4.46. The summed E-state index contributed by atoms with van der Waals surface area (Å²) in [4.78, 5) is 14.2. The Bertz CT molecular complexity index is 478. The molecular formula is C17H24FNO. The molecule has 1 atom stereocenters. The summed E-state index contributed by atoms with van der Waals surface area (Å²) in [6.07, 6.45) is 3.15. The van der Waals surface area contributed by atoms with E-state index in [0.29, 0.717) is 5.92 Å². The van der Waals surface area contributed by atoms with E-state index in [0.717, 1.165) is 32.4 Å². The number of halogens is 1. The van der Waals surface area contributed by atoms with Crippen molar-refractivity contribution in [1.29, 1.82) is 0 Å². The SMILES string of the molecule is CC(C)(C)C1CCCN(C(=O)c2ccccc2F)CC1. The number of amides is 1. The molecule has 1 aromatic carbocycles. The van der Waals surface area contributed by atoms with Crippen molar-refractivity contribution in [3.8, 4) is 0 Å². The van der Waals surface area contributed by atoms with Crippen LogP contribution < -0.4 is 0 Å². The first kappa shape index (κ1) is 15.0. The van der Waals surface area contributed by atoms with Gasteiger partial charge in [0.2, 0.25) is 0 Å². The van der Waals surface area contributed by atoms with Gasteiger partial charge in [-0.2, -0.15) is 0 Å². The lowest BCUT2D eigenvalue weighted by molar-refractivity contribution is 0.0751. The quantitative estimate of drug-likeness (QED) is 0.756. The van der Waals surface area contributed by atoms with Gasteiger partial charge in [-0.25, -0.2) is 4.39 Å². The van der Waals surface area contributed by atoms with Gasteiger partial charge in [-0.1, -0.05) is 32.9 Å². The third kappa shape index (κ3) is 3.38. The van der Waals surface area contributed by atoms with E-state index in [4.69, 9.17) is 0 Å². The maximum absolute atomic E-state index is 13.7. The van der Waals surface area contributed by atoms with Crippen LogP contribution in [0.1, 0.15) is 50.4 Å². The second kappa shape index (κ2) is 5.94. The Labute approximate surface area is 121 Å². The summed E-state index contributed by atoms with van der Waals surface area (Å²) in [6.45, 7) is 8.24. The lowest BCUT2D eigenvalue weighted by atomic mass is 9.77. The van der Waals surface area contributed by atoms with Crippen molar-refractivity contribution in [2.75, 3.05) is 13.1 Å². The molecule has 0 bridgehead atoms. The number of carbonyl (C=O) groups is 1. The monoisotopic (exact) mass is 277 g/mol. The van der Waals surface area contributed by atoms with E-state index in [9.17, 15) is 9.18 Å². The van der Waals surface area contributed by atoms with Crippen LogP contribution in [0.25, 0.3) is 0 Å². The van der Waals surface area contributed by atoms with Crippen LogP contribution in [0.4, 0.5) is 4.39 Å². The first-order valence-electron chi connectivity index (χ1n) is 7.43. The summed E-state index contributed by atoms with van der Waals surface area (Å²) in [7, 11) is 0. The molecule has 1 fully saturated rings. The van der Waals surface area contributed by atoms with Crippen molar-refractivity contribution in [2.24, 2.45) is 11.3 Å². The lowest BCUT2D eigenvalue weighted by Gasteiger charge is -2.29. The highest BCUT2D eigenvalue weighted by Gasteiger charge is 2.29. The third-order valence-electron chi connectivity index (χ3n) is 4.34. The molecule has 2 rings (SSSR count). The van der Waals surface area contributed by atoms with Gasteiger partial charge in [0.1, 0.15) is 5.82 Å². The minimum atomic E-state index is -0.422.